The number of hydrogen-bond donors (Lipinski definition) is 3. The number of carboxylic acid groups (broad SMARTS) is 1. The monoisotopic (exact) mass is 619 g/mol. The fourth-order valence-electron chi connectivity index (χ4n) is 5.87. The molecule has 0 bridgehead atoms. The van der Waals surface area contributed by atoms with Gasteiger partial charge in [0, 0.05) is 31.4 Å². The smallest absolute Gasteiger partial charge is 0.303 e. The molecular formula is C37H37N3O6. The molecule has 3 atom stereocenters. The molecule has 9 heteroatoms. The van der Waals surface area contributed by atoms with Gasteiger partial charge in [0.2, 0.25) is 5.91 Å². The van der Waals surface area contributed by atoms with Gasteiger partial charge < -0.3 is 29.6 Å². The van der Waals surface area contributed by atoms with Crippen LogP contribution in [0, 0.1) is 0 Å². The number of aliphatic hydroxyl groups is 1. The van der Waals surface area contributed by atoms with E-state index in [1.165, 1.54) is 0 Å². The standard InChI is InChI=1S/C37H37N3O6/c41-23-25-12-14-27(15-13-25)34-20-30(22-40-24-39-32-8-3-4-9-33(32)40)45-37(46-34)28-18-16-26(17-19-28)31-7-2-1-6-29(31)21-38-35(42)10-5-11-36(43)44/h1-4,6-9,12-19,24,30,34,37,41H,5,10-11,20-23H2,(H,38,42)(H,43,44)/t30-,34+,37+/m1/s1. The average molecular weight is 620 g/mol. The highest BCUT2D eigenvalue weighted by atomic mass is 16.7. The van der Waals surface area contributed by atoms with Crippen molar-refractivity contribution >= 4 is 22.9 Å². The molecule has 6 rings (SSSR count). The molecule has 0 radical (unpaired) electrons. The maximum absolute atomic E-state index is 12.3. The predicted octanol–water partition coefficient (Wildman–Crippen LogP) is 6.31. The number of carboxylic acids is 1. The number of hydrogen-bond acceptors (Lipinski definition) is 6. The van der Waals surface area contributed by atoms with Crippen molar-refractivity contribution in [3.63, 3.8) is 0 Å². The van der Waals surface area contributed by atoms with Gasteiger partial charge in [0.1, 0.15) is 0 Å². The van der Waals surface area contributed by atoms with Crippen LogP contribution >= 0.6 is 0 Å². The topological polar surface area (TPSA) is 123 Å². The summed E-state index contributed by atoms with van der Waals surface area (Å²) < 4.78 is 15.3. The van der Waals surface area contributed by atoms with Gasteiger partial charge in [-0.3, -0.25) is 9.59 Å². The Balaban J connectivity index is 1.20. The molecule has 9 nitrogen and oxygen atoms in total. The van der Waals surface area contributed by atoms with Crippen molar-refractivity contribution in [2.24, 2.45) is 0 Å². The third-order valence-electron chi connectivity index (χ3n) is 8.32. The molecule has 0 spiro atoms. The molecule has 1 fully saturated rings. The minimum atomic E-state index is -0.903. The first-order valence-electron chi connectivity index (χ1n) is 15.5. The number of benzene rings is 4. The summed E-state index contributed by atoms with van der Waals surface area (Å²) in [6.07, 6.45) is 2.04. The molecule has 0 aliphatic carbocycles. The minimum absolute atomic E-state index is 0.0114. The maximum atomic E-state index is 12.3. The summed E-state index contributed by atoms with van der Waals surface area (Å²) >= 11 is 0. The number of carbonyl (C=O) groups is 2. The number of carbonyl (C=O) groups excluding carboxylic acids is 1. The van der Waals surface area contributed by atoms with Crippen LogP contribution in [0.3, 0.4) is 0 Å². The highest BCUT2D eigenvalue weighted by Gasteiger charge is 2.32. The molecule has 236 valence electrons. The van der Waals surface area contributed by atoms with Crippen LogP contribution in [-0.4, -0.2) is 37.7 Å². The number of aromatic nitrogens is 2. The van der Waals surface area contributed by atoms with Crippen molar-refractivity contribution in [2.45, 2.75) is 63.9 Å². The van der Waals surface area contributed by atoms with E-state index in [-0.39, 0.29) is 37.6 Å². The molecule has 3 N–H and O–H groups in total. The van der Waals surface area contributed by atoms with Crippen molar-refractivity contribution in [3.8, 4) is 11.1 Å². The fraction of sp³-hybridized carbons (Fsp3) is 0.270. The lowest BCUT2D eigenvalue weighted by Crippen LogP contribution is -2.32. The largest absolute Gasteiger partial charge is 0.481 e. The first-order chi connectivity index (χ1) is 22.5. The third kappa shape index (κ3) is 7.51. The van der Waals surface area contributed by atoms with Crippen LogP contribution in [0.25, 0.3) is 22.2 Å². The number of ether oxygens (including phenoxy) is 2. The van der Waals surface area contributed by atoms with E-state index in [1.807, 2.05) is 97.3 Å². The Kier molecular flexibility index (Phi) is 9.83. The summed E-state index contributed by atoms with van der Waals surface area (Å²) in [7, 11) is 0. The quantitative estimate of drug-likeness (QED) is 0.150. The van der Waals surface area contributed by atoms with Crippen molar-refractivity contribution in [1.29, 1.82) is 0 Å². The SMILES string of the molecule is O=C(O)CCCC(=O)NCc1ccccc1-c1ccc([C@H]2O[C@@H](Cn3cnc4ccccc43)C[C@@H](c3ccc(CO)cc3)O2)cc1. The van der Waals surface area contributed by atoms with Gasteiger partial charge in [0.05, 0.1) is 42.7 Å². The van der Waals surface area contributed by atoms with Gasteiger partial charge in [0.15, 0.2) is 6.29 Å². The molecule has 5 aromatic rings. The number of aliphatic hydroxyl groups excluding tert-OH is 1. The summed E-state index contributed by atoms with van der Waals surface area (Å²) in [5.74, 6) is -1.07. The first-order valence-corrected chi connectivity index (χ1v) is 15.5. The molecule has 1 aromatic heterocycles. The number of para-hydroxylation sites is 2. The van der Waals surface area contributed by atoms with E-state index in [9.17, 15) is 14.7 Å². The van der Waals surface area contributed by atoms with Crippen molar-refractivity contribution in [3.05, 3.63) is 126 Å². The van der Waals surface area contributed by atoms with E-state index >= 15 is 0 Å². The van der Waals surface area contributed by atoms with E-state index in [0.29, 0.717) is 25.9 Å². The number of nitrogens with one attached hydrogen (secondary N) is 1. The molecular weight excluding hydrogens is 582 g/mol. The Bertz CT molecular complexity index is 1780. The van der Waals surface area contributed by atoms with Crippen LogP contribution in [-0.2, 0) is 38.8 Å². The van der Waals surface area contributed by atoms with Crippen LogP contribution in [0.4, 0.5) is 0 Å². The van der Waals surface area contributed by atoms with Crippen LogP contribution in [0.5, 0.6) is 0 Å². The molecule has 1 aliphatic heterocycles. The molecule has 1 saturated heterocycles. The molecule has 2 heterocycles. The second-order valence-corrected chi connectivity index (χ2v) is 11.5. The van der Waals surface area contributed by atoms with Gasteiger partial charge in [-0.05, 0) is 46.4 Å². The molecule has 4 aromatic carbocycles. The molecule has 1 amide bonds. The van der Waals surface area contributed by atoms with Crippen LogP contribution < -0.4 is 5.32 Å². The number of nitrogens with zero attached hydrogens (tertiary/aromatic N) is 2. The van der Waals surface area contributed by atoms with Gasteiger partial charge >= 0.3 is 5.97 Å². The van der Waals surface area contributed by atoms with E-state index in [2.05, 4.69) is 20.9 Å². The Hall–Kier alpha value is -4.83. The van der Waals surface area contributed by atoms with Crippen molar-refractivity contribution < 1.29 is 29.3 Å². The van der Waals surface area contributed by atoms with E-state index < -0.39 is 12.3 Å². The van der Waals surface area contributed by atoms with Gasteiger partial charge in [-0.1, -0.05) is 84.9 Å². The Labute approximate surface area is 267 Å². The molecule has 0 saturated carbocycles. The number of imidazole rings is 1. The lowest BCUT2D eigenvalue weighted by molar-refractivity contribution is -0.252. The van der Waals surface area contributed by atoms with Crippen molar-refractivity contribution in [2.75, 3.05) is 0 Å². The Morgan fingerprint density at radius 3 is 2.39 bits per heavy atom. The summed E-state index contributed by atoms with van der Waals surface area (Å²) in [6, 6.07) is 31.9. The Morgan fingerprint density at radius 2 is 1.61 bits per heavy atom. The summed E-state index contributed by atoms with van der Waals surface area (Å²) in [5, 5.41) is 21.3. The fourth-order valence-corrected chi connectivity index (χ4v) is 5.87. The highest BCUT2D eigenvalue weighted by molar-refractivity contribution is 5.77. The van der Waals surface area contributed by atoms with Gasteiger partial charge in [0.25, 0.3) is 0 Å². The molecule has 46 heavy (non-hydrogen) atoms. The number of fused-ring (bicyclic) bond motifs is 1. The van der Waals surface area contributed by atoms with E-state index in [4.69, 9.17) is 14.6 Å². The third-order valence-corrected chi connectivity index (χ3v) is 8.32. The summed E-state index contributed by atoms with van der Waals surface area (Å²) in [4.78, 5) is 27.6. The number of rotatable bonds is 12. The molecule has 0 unspecified atom stereocenters. The lowest BCUT2D eigenvalue weighted by atomic mass is 9.97. The van der Waals surface area contributed by atoms with E-state index in [1.54, 1.807) is 0 Å². The lowest BCUT2D eigenvalue weighted by Gasteiger charge is -2.36. The van der Waals surface area contributed by atoms with Gasteiger partial charge in [-0.15, -0.1) is 0 Å². The van der Waals surface area contributed by atoms with Gasteiger partial charge in [-0.25, -0.2) is 4.98 Å². The number of aliphatic carboxylic acids is 1. The summed E-state index contributed by atoms with van der Waals surface area (Å²) in [6.45, 7) is 0.960. The minimum Gasteiger partial charge on any atom is -0.481 e. The average Bonchev–Trinajstić information content (AvgIpc) is 3.49. The maximum Gasteiger partial charge on any atom is 0.303 e. The van der Waals surface area contributed by atoms with Crippen LogP contribution in [0.15, 0.2) is 103 Å². The summed E-state index contributed by atoms with van der Waals surface area (Å²) in [5.41, 5.74) is 7.72. The molecule has 1 aliphatic rings. The van der Waals surface area contributed by atoms with Crippen LogP contribution in [0.2, 0.25) is 0 Å². The first kappa shape index (κ1) is 31.2. The van der Waals surface area contributed by atoms with Crippen molar-refractivity contribution in [1.82, 2.24) is 14.9 Å². The Morgan fingerprint density at radius 1 is 0.870 bits per heavy atom. The predicted molar refractivity (Wildman–Crippen MR) is 173 cm³/mol. The van der Waals surface area contributed by atoms with Gasteiger partial charge in [-0.2, -0.15) is 0 Å². The number of amides is 1. The van der Waals surface area contributed by atoms with E-state index in [0.717, 1.165) is 44.4 Å². The zero-order valence-corrected chi connectivity index (χ0v) is 25.4. The zero-order chi connectivity index (χ0) is 31.9. The second-order valence-electron chi connectivity index (χ2n) is 11.5. The highest BCUT2D eigenvalue weighted by Crippen LogP contribution is 2.39. The van der Waals surface area contributed by atoms with Crippen LogP contribution in [0.1, 0.15) is 60.3 Å². The second kappa shape index (κ2) is 14.5. The normalized spacial score (nSPS) is 18.0. The zero-order valence-electron chi connectivity index (χ0n) is 25.4.